The van der Waals surface area contributed by atoms with Gasteiger partial charge in [-0.1, -0.05) is 0 Å². The van der Waals surface area contributed by atoms with Crippen molar-refractivity contribution in [3.63, 3.8) is 0 Å². The molecule has 0 bridgehead atoms. The highest BCUT2D eigenvalue weighted by Crippen LogP contribution is 2.52. The van der Waals surface area contributed by atoms with E-state index in [1.165, 1.54) is 6.26 Å². The van der Waals surface area contributed by atoms with Gasteiger partial charge in [0.15, 0.2) is 0 Å². The number of nitrogens with zero attached hydrogens (tertiary/aromatic N) is 1. The quantitative estimate of drug-likeness (QED) is 0.682. The molecule has 0 aromatic rings. The Bertz CT molecular complexity index is 353. The van der Waals surface area contributed by atoms with Gasteiger partial charge < -0.3 is 0 Å². The van der Waals surface area contributed by atoms with E-state index in [1.54, 1.807) is 0 Å². The van der Waals surface area contributed by atoms with Gasteiger partial charge in [-0.05, 0) is 39.0 Å². The maximum atomic E-state index is 11.3. The topological polar surface area (TPSA) is 37.4 Å². The minimum absolute atomic E-state index is 0.0559. The standard InChI is InChI=1S/C11H21NO2S/c1-10(2,3)12-7-11(8-12)5-9(6-11)15(4,13)14/h9H,5-8H2,1-4H3. The van der Waals surface area contributed by atoms with E-state index in [0.29, 0.717) is 5.41 Å². The van der Waals surface area contributed by atoms with Gasteiger partial charge in [0, 0.05) is 24.9 Å². The van der Waals surface area contributed by atoms with E-state index in [4.69, 9.17) is 0 Å². The van der Waals surface area contributed by atoms with Gasteiger partial charge in [0.05, 0.1) is 5.25 Å². The lowest BCUT2D eigenvalue weighted by atomic mass is 9.62. The lowest BCUT2D eigenvalue weighted by Gasteiger charge is -2.62. The summed E-state index contributed by atoms with van der Waals surface area (Å²) >= 11 is 0. The summed E-state index contributed by atoms with van der Waals surface area (Å²) < 4.78 is 22.6. The fraction of sp³-hybridized carbons (Fsp3) is 1.00. The average molecular weight is 231 g/mol. The highest BCUT2D eigenvalue weighted by Gasteiger charge is 2.56. The van der Waals surface area contributed by atoms with Crippen LogP contribution in [0.4, 0.5) is 0 Å². The van der Waals surface area contributed by atoms with Gasteiger partial charge in [-0.2, -0.15) is 0 Å². The van der Waals surface area contributed by atoms with E-state index in [0.717, 1.165) is 25.9 Å². The van der Waals surface area contributed by atoms with Crippen LogP contribution in [-0.4, -0.2) is 43.5 Å². The van der Waals surface area contributed by atoms with Crippen LogP contribution in [0.3, 0.4) is 0 Å². The third-order valence-corrected chi connectivity index (χ3v) is 5.47. The molecule has 1 aliphatic heterocycles. The van der Waals surface area contributed by atoms with Crippen molar-refractivity contribution in [2.45, 2.75) is 44.4 Å². The van der Waals surface area contributed by atoms with E-state index < -0.39 is 9.84 Å². The summed E-state index contributed by atoms with van der Waals surface area (Å²) in [5.74, 6) is 0. The van der Waals surface area contributed by atoms with Crippen LogP contribution in [0.2, 0.25) is 0 Å². The summed E-state index contributed by atoms with van der Waals surface area (Å²) in [7, 11) is -2.78. The van der Waals surface area contributed by atoms with Crippen molar-refractivity contribution in [3.05, 3.63) is 0 Å². The Morgan fingerprint density at radius 3 is 2.00 bits per heavy atom. The van der Waals surface area contributed by atoms with E-state index >= 15 is 0 Å². The van der Waals surface area contributed by atoms with Crippen molar-refractivity contribution >= 4 is 9.84 Å². The Hall–Kier alpha value is -0.0900. The first-order chi connectivity index (χ1) is 6.62. The van der Waals surface area contributed by atoms with E-state index in [2.05, 4.69) is 25.7 Å². The third kappa shape index (κ3) is 1.94. The molecule has 0 aromatic heterocycles. The first-order valence-electron chi connectivity index (χ1n) is 5.56. The number of sulfone groups is 1. The maximum absolute atomic E-state index is 11.3. The minimum atomic E-state index is -2.78. The van der Waals surface area contributed by atoms with Crippen molar-refractivity contribution in [3.8, 4) is 0 Å². The van der Waals surface area contributed by atoms with Crippen molar-refractivity contribution in [1.82, 2.24) is 4.90 Å². The van der Waals surface area contributed by atoms with Crippen LogP contribution in [0.25, 0.3) is 0 Å². The van der Waals surface area contributed by atoms with Crippen LogP contribution < -0.4 is 0 Å². The molecule has 0 unspecified atom stereocenters. The molecule has 0 atom stereocenters. The van der Waals surface area contributed by atoms with Gasteiger partial charge in [0.25, 0.3) is 0 Å². The van der Waals surface area contributed by atoms with Crippen LogP contribution in [0.5, 0.6) is 0 Å². The van der Waals surface area contributed by atoms with Crippen LogP contribution in [0, 0.1) is 5.41 Å². The fourth-order valence-corrected chi connectivity index (χ4v) is 4.02. The third-order valence-electron chi connectivity index (χ3n) is 3.93. The first kappa shape index (κ1) is 11.4. The number of hydrogen-bond acceptors (Lipinski definition) is 3. The molecule has 1 saturated heterocycles. The van der Waals surface area contributed by atoms with Crippen LogP contribution in [-0.2, 0) is 9.84 Å². The van der Waals surface area contributed by atoms with E-state index in [-0.39, 0.29) is 10.8 Å². The molecule has 1 spiro atoms. The van der Waals surface area contributed by atoms with Crippen LogP contribution in [0.1, 0.15) is 33.6 Å². The molecule has 2 aliphatic rings. The molecule has 0 N–H and O–H groups in total. The molecule has 1 saturated carbocycles. The lowest BCUT2D eigenvalue weighted by Crippen LogP contribution is -2.68. The van der Waals surface area contributed by atoms with Gasteiger partial charge in [-0.3, -0.25) is 4.90 Å². The lowest BCUT2D eigenvalue weighted by molar-refractivity contribution is -0.101. The molecule has 0 radical (unpaired) electrons. The Morgan fingerprint density at radius 2 is 1.67 bits per heavy atom. The molecule has 88 valence electrons. The largest absolute Gasteiger partial charge is 0.297 e. The number of likely N-dealkylation sites (tertiary alicyclic amines) is 1. The Balaban J connectivity index is 1.88. The first-order valence-corrected chi connectivity index (χ1v) is 7.52. The second-order valence-electron chi connectivity index (χ2n) is 6.39. The Labute approximate surface area is 92.8 Å². The molecule has 4 heteroatoms. The summed E-state index contributed by atoms with van der Waals surface area (Å²) in [5, 5.41) is -0.0559. The van der Waals surface area contributed by atoms with Crippen molar-refractivity contribution < 1.29 is 8.42 Å². The van der Waals surface area contributed by atoms with Crippen LogP contribution in [0.15, 0.2) is 0 Å². The smallest absolute Gasteiger partial charge is 0.150 e. The predicted molar refractivity (Wildman–Crippen MR) is 61.6 cm³/mol. The average Bonchev–Trinajstić information content (AvgIpc) is 1.71. The van der Waals surface area contributed by atoms with Gasteiger partial charge in [0.1, 0.15) is 9.84 Å². The van der Waals surface area contributed by atoms with Gasteiger partial charge in [-0.25, -0.2) is 8.42 Å². The maximum Gasteiger partial charge on any atom is 0.150 e. The summed E-state index contributed by atoms with van der Waals surface area (Å²) in [6.07, 6.45) is 3.14. The van der Waals surface area contributed by atoms with E-state index in [9.17, 15) is 8.42 Å². The molecule has 3 nitrogen and oxygen atoms in total. The second-order valence-corrected chi connectivity index (χ2v) is 8.71. The zero-order valence-corrected chi connectivity index (χ0v) is 10.9. The second kappa shape index (κ2) is 2.98. The van der Waals surface area contributed by atoms with Gasteiger partial charge in [-0.15, -0.1) is 0 Å². The molecule has 15 heavy (non-hydrogen) atoms. The Morgan fingerprint density at radius 1 is 1.20 bits per heavy atom. The zero-order chi connectivity index (χ0) is 11.5. The molecule has 2 fully saturated rings. The highest BCUT2D eigenvalue weighted by atomic mass is 32.2. The summed E-state index contributed by atoms with van der Waals surface area (Å²) in [4.78, 5) is 2.44. The number of rotatable bonds is 1. The Kier molecular flexibility index (Phi) is 2.26. The summed E-state index contributed by atoms with van der Waals surface area (Å²) in [6, 6.07) is 0. The van der Waals surface area contributed by atoms with Crippen LogP contribution >= 0.6 is 0 Å². The molecule has 0 amide bonds. The molecule has 0 aromatic carbocycles. The fourth-order valence-electron chi connectivity index (χ4n) is 2.70. The zero-order valence-electron chi connectivity index (χ0n) is 10.1. The predicted octanol–water partition coefficient (Wildman–Crippen LogP) is 1.29. The molecule has 1 heterocycles. The summed E-state index contributed by atoms with van der Waals surface area (Å²) in [6.45, 7) is 8.82. The minimum Gasteiger partial charge on any atom is -0.297 e. The normalized spacial score (nSPS) is 27.5. The monoisotopic (exact) mass is 231 g/mol. The molecular weight excluding hydrogens is 210 g/mol. The molecule has 2 rings (SSSR count). The molecule has 1 aliphatic carbocycles. The number of hydrogen-bond donors (Lipinski definition) is 0. The summed E-state index contributed by atoms with van der Waals surface area (Å²) in [5.41, 5.74) is 0.586. The van der Waals surface area contributed by atoms with Crippen molar-refractivity contribution in [2.75, 3.05) is 19.3 Å². The van der Waals surface area contributed by atoms with Gasteiger partial charge in [0.2, 0.25) is 0 Å². The van der Waals surface area contributed by atoms with Crippen molar-refractivity contribution in [1.29, 1.82) is 0 Å². The van der Waals surface area contributed by atoms with E-state index in [1.807, 2.05) is 0 Å². The SMILES string of the molecule is CC(C)(C)N1CC2(CC(S(C)(=O)=O)C2)C1. The highest BCUT2D eigenvalue weighted by molar-refractivity contribution is 7.91. The van der Waals surface area contributed by atoms with Gasteiger partial charge >= 0.3 is 0 Å². The molecular formula is C11H21NO2S. The van der Waals surface area contributed by atoms with Crippen molar-refractivity contribution in [2.24, 2.45) is 5.41 Å².